The van der Waals surface area contributed by atoms with Crippen LogP contribution < -0.4 is 0 Å². The standard InChI is InChI=1S/C16H14FN3O4/c1-22-15(21)16(13-4-3-12(17)8-19-13)5-2-6-18-14(16)23-9-11-7-20-24-10-11/h2-8,10,14H,9H2,1H3. The zero-order chi connectivity index (χ0) is 17.0. The monoisotopic (exact) mass is 331 g/mol. The summed E-state index contributed by atoms with van der Waals surface area (Å²) in [6, 6.07) is 2.63. The lowest BCUT2D eigenvalue weighted by atomic mass is 9.80. The SMILES string of the molecule is COC(=O)C1(c2ccc(F)cn2)C=CC=NC1OCc1cnoc1. The van der Waals surface area contributed by atoms with Crippen LogP contribution in [0.15, 0.2) is 52.5 Å². The fraction of sp³-hybridized carbons (Fsp3) is 0.250. The molecule has 24 heavy (non-hydrogen) atoms. The molecule has 0 amide bonds. The van der Waals surface area contributed by atoms with Gasteiger partial charge in [0.2, 0.25) is 0 Å². The number of halogens is 1. The van der Waals surface area contributed by atoms with Crippen LogP contribution >= 0.6 is 0 Å². The first-order valence-corrected chi connectivity index (χ1v) is 7.08. The maximum Gasteiger partial charge on any atom is 0.326 e. The maximum atomic E-state index is 13.2. The molecule has 2 aromatic rings. The number of hydrogen-bond donors (Lipinski definition) is 0. The average molecular weight is 331 g/mol. The van der Waals surface area contributed by atoms with Gasteiger partial charge in [-0.25, -0.2) is 4.39 Å². The Morgan fingerprint density at radius 1 is 1.42 bits per heavy atom. The van der Waals surface area contributed by atoms with Crippen LogP contribution in [-0.4, -0.2) is 35.7 Å². The first-order chi connectivity index (χ1) is 11.7. The van der Waals surface area contributed by atoms with Gasteiger partial charge in [0.1, 0.15) is 12.1 Å². The van der Waals surface area contributed by atoms with Crippen molar-refractivity contribution in [2.24, 2.45) is 4.99 Å². The third kappa shape index (κ3) is 2.83. The summed E-state index contributed by atoms with van der Waals surface area (Å²) >= 11 is 0. The molecule has 0 saturated carbocycles. The van der Waals surface area contributed by atoms with Gasteiger partial charge < -0.3 is 14.0 Å². The summed E-state index contributed by atoms with van der Waals surface area (Å²) in [5, 5.41) is 3.59. The minimum absolute atomic E-state index is 0.124. The number of dihydropyridines is 1. The number of carbonyl (C=O) groups excluding carboxylic acids is 1. The molecular weight excluding hydrogens is 317 g/mol. The van der Waals surface area contributed by atoms with Crippen LogP contribution in [0, 0.1) is 5.82 Å². The van der Waals surface area contributed by atoms with Crippen LogP contribution in [0.4, 0.5) is 4.39 Å². The van der Waals surface area contributed by atoms with Gasteiger partial charge in [-0.1, -0.05) is 11.2 Å². The molecule has 2 atom stereocenters. The normalized spacial score (nSPS) is 22.5. The van der Waals surface area contributed by atoms with E-state index < -0.39 is 23.4 Å². The minimum Gasteiger partial charge on any atom is -0.468 e. The molecule has 2 aromatic heterocycles. The Hall–Kier alpha value is -2.87. The third-order valence-corrected chi connectivity index (χ3v) is 3.62. The van der Waals surface area contributed by atoms with Crippen LogP contribution in [0.5, 0.6) is 0 Å². The molecule has 8 heteroatoms. The van der Waals surface area contributed by atoms with E-state index in [-0.39, 0.29) is 12.3 Å². The molecule has 3 heterocycles. The molecule has 0 bridgehead atoms. The van der Waals surface area contributed by atoms with Gasteiger partial charge in [0, 0.05) is 11.8 Å². The average Bonchev–Trinajstić information content (AvgIpc) is 3.13. The Kier molecular flexibility index (Phi) is 4.48. The highest BCUT2D eigenvalue weighted by molar-refractivity contribution is 5.89. The fourth-order valence-electron chi connectivity index (χ4n) is 2.44. The number of nitrogens with zero attached hydrogens (tertiary/aromatic N) is 3. The first-order valence-electron chi connectivity index (χ1n) is 7.08. The number of rotatable bonds is 5. The molecule has 0 fully saturated rings. The van der Waals surface area contributed by atoms with Gasteiger partial charge in [-0.3, -0.25) is 14.8 Å². The van der Waals surface area contributed by atoms with E-state index in [0.29, 0.717) is 5.56 Å². The Morgan fingerprint density at radius 2 is 2.29 bits per heavy atom. The number of allylic oxidation sites excluding steroid dienone is 1. The smallest absolute Gasteiger partial charge is 0.326 e. The second-order valence-corrected chi connectivity index (χ2v) is 5.08. The Bertz CT molecular complexity index is 758. The van der Waals surface area contributed by atoms with Gasteiger partial charge in [0.25, 0.3) is 0 Å². The van der Waals surface area contributed by atoms with Gasteiger partial charge in [-0.05, 0) is 18.2 Å². The zero-order valence-corrected chi connectivity index (χ0v) is 12.8. The fourth-order valence-corrected chi connectivity index (χ4v) is 2.44. The third-order valence-electron chi connectivity index (χ3n) is 3.62. The van der Waals surface area contributed by atoms with E-state index in [1.807, 2.05) is 0 Å². The van der Waals surface area contributed by atoms with E-state index in [9.17, 15) is 9.18 Å². The van der Waals surface area contributed by atoms with Crippen molar-refractivity contribution in [3.8, 4) is 0 Å². The molecule has 7 nitrogen and oxygen atoms in total. The predicted molar refractivity (Wildman–Crippen MR) is 80.6 cm³/mol. The van der Waals surface area contributed by atoms with Gasteiger partial charge >= 0.3 is 5.97 Å². The highest BCUT2D eigenvalue weighted by Gasteiger charge is 2.49. The number of aromatic nitrogens is 2. The summed E-state index contributed by atoms with van der Waals surface area (Å²) in [6.07, 6.45) is 7.73. The largest absolute Gasteiger partial charge is 0.468 e. The summed E-state index contributed by atoms with van der Waals surface area (Å²) in [7, 11) is 1.26. The lowest BCUT2D eigenvalue weighted by Gasteiger charge is -2.34. The van der Waals surface area contributed by atoms with E-state index in [2.05, 4.69) is 15.1 Å². The van der Waals surface area contributed by atoms with Gasteiger partial charge in [-0.2, -0.15) is 0 Å². The topological polar surface area (TPSA) is 86.8 Å². The van der Waals surface area contributed by atoms with Gasteiger partial charge in [0.05, 0.1) is 31.8 Å². The highest BCUT2D eigenvalue weighted by atomic mass is 19.1. The number of hydrogen-bond acceptors (Lipinski definition) is 7. The Labute approximate surface area is 136 Å². The lowest BCUT2D eigenvalue weighted by molar-refractivity contribution is -0.152. The Morgan fingerprint density at radius 3 is 2.96 bits per heavy atom. The molecule has 124 valence electrons. The summed E-state index contributed by atoms with van der Waals surface area (Å²) in [5.74, 6) is -1.12. The molecule has 0 spiro atoms. The van der Waals surface area contributed by atoms with Crippen molar-refractivity contribution in [1.82, 2.24) is 10.1 Å². The second kappa shape index (κ2) is 6.71. The number of ether oxygens (including phenoxy) is 2. The molecule has 2 unspecified atom stereocenters. The van der Waals surface area contributed by atoms with Crippen molar-refractivity contribution < 1.29 is 23.2 Å². The van der Waals surface area contributed by atoms with E-state index in [1.165, 1.54) is 37.9 Å². The number of aliphatic imine (C=N–C) groups is 1. The van der Waals surface area contributed by atoms with Gasteiger partial charge in [0.15, 0.2) is 11.6 Å². The molecule has 0 radical (unpaired) electrons. The van der Waals surface area contributed by atoms with Crippen LogP contribution in [0.1, 0.15) is 11.3 Å². The number of carbonyl (C=O) groups is 1. The number of pyridine rings is 1. The molecule has 1 aliphatic rings. The van der Waals surface area contributed by atoms with Crippen molar-refractivity contribution in [2.75, 3.05) is 7.11 Å². The molecule has 0 aromatic carbocycles. The second-order valence-electron chi connectivity index (χ2n) is 5.08. The molecule has 0 aliphatic carbocycles. The van der Waals surface area contributed by atoms with Crippen molar-refractivity contribution >= 4 is 12.2 Å². The maximum absolute atomic E-state index is 13.2. The summed E-state index contributed by atoms with van der Waals surface area (Å²) in [5.41, 5.74) is -0.446. The minimum atomic E-state index is -1.41. The number of esters is 1. The van der Waals surface area contributed by atoms with E-state index in [1.54, 1.807) is 12.2 Å². The van der Waals surface area contributed by atoms with Crippen molar-refractivity contribution in [3.05, 3.63) is 60.0 Å². The molecule has 0 N–H and O–H groups in total. The summed E-state index contributed by atoms with van der Waals surface area (Å²) in [6.45, 7) is 0.124. The van der Waals surface area contributed by atoms with Gasteiger partial charge in [-0.15, -0.1) is 0 Å². The summed E-state index contributed by atoms with van der Waals surface area (Å²) in [4.78, 5) is 20.8. The Balaban J connectivity index is 1.97. The molecular formula is C16H14FN3O4. The zero-order valence-electron chi connectivity index (χ0n) is 12.8. The molecule has 0 saturated heterocycles. The van der Waals surface area contributed by atoms with Crippen LogP contribution in [0.3, 0.4) is 0 Å². The highest BCUT2D eigenvalue weighted by Crippen LogP contribution is 2.35. The van der Waals surface area contributed by atoms with E-state index in [4.69, 9.17) is 14.0 Å². The van der Waals surface area contributed by atoms with E-state index >= 15 is 0 Å². The quantitative estimate of drug-likeness (QED) is 0.777. The first kappa shape index (κ1) is 16.0. The molecule has 3 rings (SSSR count). The van der Waals surface area contributed by atoms with Crippen LogP contribution in [-0.2, 0) is 26.3 Å². The number of methoxy groups -OCH3 is 1. The van der Waals surface area contributed by atoms with Crippen molar-refractivity contribution in [3.63, 3.8) is 0 Å². The van der Waals surface area contributed by atoms with E-state index in [0.717, 1.165) is 6.20 Å². The predicted octanol–water partition coefficient (Wildman–Crippen LogP) is 1.80. The lowest BCUT2D eigenvalue weighted by Crippen LogP contribution is -2.48. The van der Waals surface area contributed by atoms with Crippen molar-refractivity contribution in [2.45, 2.75) is 18.2 Å². The summed E-state index contributed by atoms with van der Waals surface area (Å²) < 4.78 is 28.7. The van der Waals surface area contributed by atoms with Crippen molar-refractivity contribution in [1.29, 1.82) is 0 Å². The molecule has 1 aliphatic heterocycles. The van der Waals surface area contributed by atoms with Crippen LogP contribution in [0.2, 0.25) is 0 Å². The van der Waals surface area contributed by atoms with Crippen LogP contribution in [0.25, 0.3) is 0 Å².